The van der Waals surface area contributed by atoms with Gasteiger partial charge >= 0.3 is 0 Å². The van der Waals surface area contributed by atoms with Crippen LogP contribution in [-0.4, -0.2) is 48.5 Å². The predicted molar refractivity (Wildman–Crippen MR) is 85.6 cm³/mol. The first-order chi connectivity index (χ1) is 10.1. The van der Waals surface area contributed by atoms with Gasteiger partial charge in [0, 0.05) is 31.0 Å². The van der Waals surface area contributed by atoms with E-state index in [0.29, 0.717) is 12.1 Å². The molecule has 1 aliphatic rings. The number of carbonyl (C=O) groups is 1. The van der Waals surface area contributed by atoms with Crippen LogP contribution in [0.2, 0.25) is 0 Å². The van der Waals surface area contributed by atoms with Gasteiger partial charge in [0.1, 0.15) is 0 Å². The largest absolute Gasteiger partial charge is 0.385 e. The van der Waals surface area contributed by atoms with Crippen LogP contribution in [0.25, 0.3) is 0 Å². The molecule has 1 fully saturated rings. The third-order valence-electron chi connectivity index (χ3n) is 4.49. The van der Waals surface area contributed by atoms with Crippen molar-refractivity contribution in [2.75, 3.05) is 32.5 Å². The van der Waals surface area contributed by atoms with Gasteiger partial charge < -0.3 is 15.5 Å². The summed E-state index contributed by atoms with van der Waals surface area (Å²) in [6.45, 7) is 3.49. The Hall–Kier alpha value is -1.62. The molecule has 1 aromatic rings. The summed E-state index contributed by atoms with van der Waals surface area (Å²) < 4.78 is 0. The lowest BCUT2D eigenvalue weighted by atomic mass is 9.96. The number of aromatic nitrogens is 1. The molecule has 0 saturated heterocycles. The Kier molecular flexibility index (Phi) is 5.17. The van der Waals surface area contributed by atoms with Crippen LogP contribution in [0.15, 0.2) is 18.5 Å². The maximum absolute atomic E-state index is 12.5. The van der Waals surface area contributed by atoms with Gasteiger partial charge in [-0.05, 0) is 39.9 Å². The first-order valence-electron chi connectivity index (χ1n) is 7.72. The minimum absolute atomic E-state index is 0.0489. The van der Waals surface area contributed by atoms with Gasteiger partial charge in [-0.2, -0.15) is 0 Å². The summed E-state index contributed by atoms with van der Waals surface area (Å²) in [5, 5.41) is 6.31. The highest BCUT2D eigenvalue weighted by molar-refractivity contribution is 5.99. The molecule has 21 heavy (non-hydrogen) atoms. The summed E-state index contributed by atoms with van der Waals surface area (Å²) in [4.78, 5) is 18.8. The minimum atomic E-state index is -0.0489. The molecule has 0 aliphatic heterocycles. The van der Waals surface area contributed by atoms with Crippen molar-refractivity contribution in [3.8, 4) is 0 Å². The second kappa shape index (κ2) is 6.89. The van der Waals surface area contributed by atoms with Crippen molar-refractivity contribution in [1.29, 1.82) is 0 Å². The smallest absolute Gasteiger partial charge is 0.255 e. The Morgan fingerprint density at radius 1 is 1.38 bits per heavy atom. The highest BCUT2D eigenvalue weighted by Crippen LogP contribution is 2.33. The molecule has 2 N–H and O–H groups in total. The van der Waals surface area contributed by atoms with Gasteiger partial charge in [0.05, 0.1) is 11.3 Å². The number of carbonyl (C=O) groups excluding carboxylic acids is 1. The monoisotopic (exact) mass is 290 g/mol. The number of hydrogen-bond acceptors (Lipinski definition) is 4. The molecular formula is C16H26N4O. The van der Waals surface area contributed by atoms with Crippen LogP contribution in [0, 0.1) is 0 Å². The SMILES string of the molecule is CCNc1ccncc1C(=O)NCC1(N(C)C)CCCC1. The minimum Gasteiger partial charge on any atom is -0.385 e. The molecule has 0 radical (unpaired) electrons. The van der Waals surface area contributed by atoms with Gasteiger partial charge in [-0.25, -0.2) is 0 Å². The first-order valence-corrected chi connectivity index (χ1v) is 7.72. The lowest BCUT2D eigenvalue weighted by Crippen LogP contribution is -2.50. The van der Waals surface area contributed by atoms with Crippen LogP contribution < -0.4 is 10.6 Å². The fourth-order valence-corrected chi connectivity index (χ4v) is 3.08. The molecule has 5 heteroatoms. The standard InChI is InChI=1S/C16H26N4O/c1-4-18-14-7-10-17-11-13(14)15(21)19-12-16(20(2)3)8-5-6-9-16/h7,10-11H,4-6,8-9,12H2,1-3H3,(H,17,18)(H,19,21). The third-order valence-corrected chi connectivity index (χ3v) is 4.49. The Morgan fingerprint density at radius 3 is 2.71 bits per heavy atom. The quantitative estimate of drug-likeness (QED) is 0.842. The van der Waals surface area contributed by atoms with Gasteiger partial charge in [-0.15, -0.1) is 0 Å². The zero-order chi connectivity index (χ0) is 15.3. The third kappa shape index (κ3) is 3.53. The average Bonchev–Trinajstić information content (AvgIpc) is 2.96. The van der Waals surface area contributed by atoms with Crippen molar-refractivity contribution in [1.82, 2.24) is 15.2 Å². The number of nitrogens with zero attached hydrogens (tertiary/aromatic N) is 2. The van der Waals surface area contributed by atoms with E-state index in [9.17, 15) is 4.79 Å². The lowest BCUT2D eigenvalue weighted by Gasteiger charge is -2.36. The summed E-state index contributed by atoms with van der Waals surface area (Å²) in [5.74, 6) is -0.0489. The van der Waals surface area contributed by atoms with Crippen molar-refractivity contribution in [2.45, 2.75) is 38.1 Å². The maximum atomic E-state index is 12.5. The Morgan fingerprint density at radius 2 is 2.10 bits per heavy atom. The van der Waals surface area contributed by atoms with E-state index in [1.807, 2.05) is 13.0 Å². The first kappa shape index (κ1) is 15.8. The number of hydrogen-bond donors (Lipinski definition) is 2. The van der Waals surface area contributed by atoms with E-state index < -0.39 is 0 Å². The van der Waals surface area contributed by atoms with Gasteiger partial charge in [-0.1, -0.05) is 12.8 Å². The molecule has 0 aromatic carbocycles. The Labute approximate surface area is 127 Å². The number of nitrogens with one attached hydrogen (secondary N) is 2. The number of rotatable bonds is 6. The number of pyridine rings is 1. The fraction of sp³-hybridized carbons (Fsp3) is 0.625. The van der Waals surface area contributed by atoms with Crippen molar-refractivity contribution >= 4 is 11.6 Å². The molecule has 1 aromatic heterocycles. The van der Waals surface area contributed by atoms with E-state index in [1.54, 1.807) is 12.4 Å². The van der Waals surface area contributed by atoms with Gasteiger partial charge in [-0.3, -0.25) is 9.78 Å². The molecule has 1 heterocycles. The molecule has 0 bridgehead atoms. The zero-order valence-electron chi connectivity index (χ0n) is 13.3. The van der Waals surface area contributed by atoms with Gasteiger partial charge in [0.2, 0.25) is 0 Å². The van der Waals surface area contributed by atoms with E-state index in [4.69, 9.17) is 0 Å². The lowest BCUT2D eigenvalue weighted by molar-refractivity contribution is 0.0900. The zero-order valence-corrected chi connectivity index (χ0v) is 13.3. The molecule has 1 saturated carbocycles. The summed E-state index contributed by atoms with van der Waals surface area (Å²) >= 11 is 0. The normalized spacial score (nSPS) is 17.0. The van der Waals surface area contributed by atoms with Crippen molar-refractivity contribution in [3.63, 3.8) is 0 Å². The molecule has 2 rings (SSSR count). The molecule has 0 atom stereocenters. The Balaban J connectivity index is 2.05. The number of anilines is 1. The van der Waals surface area contributed by atoms with E-state index in [-0.39, 0.29) is 11.4 Å². The van der Waals surface area contributed by atoms with Gasteiger partial charge in [0.25, 0.3) is 5.91 Å². The van der Waals surface area contributed by atoms with E-state index in [1.165, 1.54) is 12.8 Å². The van der Waals surface area contributed by atoms with E-state index >= 15 is 0 Å². The molecule has 1 aliphatic carbocycles. The number of likely N-dealkylation sites (N-methyl/N-ethyl adjacent to an activating group) is 1. The summed E-state index contributed by atoms with van der Waals surface area (Å²) in [7, 11) is 4.21. The average molecular weight is 290 g/mol. The van der Waals surface area contributed by atoms with E-state index in [2.05, 4.69) is 34.6 Å². The molecular weight excluding hydrogens is 264 g/mol. The second-order valence-corrected chi connectivity index (χ2v) is 5.96. The summed E-state index contributed by atoms with van der Waals surface area (Å²) in [5.41, 5.74) is 1.57. The number of amides is 1. The van der Waals surface area contributed by atoms with Crippen LogP contribution in [0.5, 0.6) is 0 Å². The van der Waals surface area contributed by atoms with Crippen LogP contribution in [-0.2, 0) is 0 Å². The maximum Gasteiger partial charge on any atom is 0.255 e. The summed E-state index contributed by atoms with van der Waals surface area (Å²) in [6.07, 6.45) is 8.10. The highest BCUT2D eigenvalue weighted by atomic mass is 16.1. The summed E-state index contributed by atoms with van der Waals surface area (Å²) in [6, 6.07) is 1.84. The van der Waals surface area contributed by atoms with E-state index in [0.717, 1.165) is 25.1 Å². The van der Waals surface area contributed by atoms with Crippen molar-refractivity contribution < 1.29 is 4.79 Å². The molecule has 1 amide bonds. The van der Waals surface area contributed by atoms with Crippen LogP contribution in [0.4, 0.5) is 5.69 Å². The molecule has 5 nitrogen and oxygen atoms in total. The predicted octanol–water partition coefficient (Wildman–Crippen LogP) is 2.12. The highest BCUT2D eigenvalue weighted by Gasteiger charge is 2.36. The second-order valence-electron chi connectivity index (χ2n) is 5.96. The van der Waals surface area contributed by atoms with Crippen LogP contribution in [0.3, 0.4) is 0 Å². The molecule has 0 spiro atoms. The van der Waals surface area contributed by atoms with Gasteiger partial charge in [0.15, 0.2) is 0 Å². The van der Waals surface area contributed by atoms with Crippen LogP contribution >= 0.6 is 0 Å². The van der Waals surface area contributed by atoms with Crippen molar-refractivity contribution in [2.24, 2.45) is 0 Å². The fourth-order valence-electron chi connectivity index (χ4n) is 3.08. The Bertz CT molecular complexity index is 481. The topological polar surface area (TPSA) is 57.3 Å². The molecule has 0 unspecified atom stereocenters. The van der Waals surface area contributed by atoms with Crippen molar-refractivity contribution in [3.05, 3.63) is 24.0 Å². The van der Waals surface area contributed by atoms with Crippen LogP contribution in [0.1, 0.15) is 43.0 Å². The molecule has 116 valence electrons.